The quantitative estimate of drug-likeness (QED) is 0.697. The predicted octanol–water partition coefficient (Wildman–Crippen LogP) is 1.81. The van der Waals surface area contributed by atoms with Crippen LogP contribution < -0.4 is 0 Å². The van der Waals surface area contributed by atoms with Gasteiger partial charge in [-0.25, -0.2) is 0 Å². The second-order valence-corrected chi connectivity index (χ2v) is 4.86. The summed E-state index contributed by atoms with van der Waals surface area (Å²) in [5.41, 5.74) is 0.416. The molecular formula is C12H21NO2. The molecule has 1 saturated carbocycles. The van der Waals surface area contributed by atoms with Gasteiger partial charge < -0.3 is 9.64 Å². The van der Waals surface area contributed by atoms with E-state index in [0.29, 0.717) is 23.8 Å². The van der Waals surface area contributed by atoms with Crippen LogP contribution in [0.3, 0.4) is 0 Å². The molecule has 2 aliphatic rings. The van der Waals surface area contributed by atoms with Crippen molar-refractivity contribution < 1.29 is 9.53 Å². The first-order chi connectivity index (χ1) is 7.22. The van der Waals surface area contributed by atoms with Crippen LogP contribution in [0.1, 0.15) is 39.0 Å². The Morgan fingerprint density at radius 3 is 2.47 bits per heavy atom. The number of hydrogen-bond acceptors (Lipinski definition) is 2. The van der Waals surface area contributed by atoms with Gasteiger partial charge in [-0.2, -0.15) is 0 Å². The Morgan fingerprint density at radius 2 is 2.07 bits per heavy atom. The van der Waals surface area contributed by atoms with Gasteiger partial charge in [0.15, 0.2) is 0 Å². The Balaban J connectivity index is 1.89. The standard InChI is InChI=1S/C12H21NO2/c1-3-11(14)13-8-6-12(7-9-13)5-4-10(12)15-2/h10H,3-9H2,1-2H3. The molecule has 2 rings (SSSR count). The van der Waals surface area contributed by atoms with Crippen molar-refractivity contribution in [3.8, 4) is 0 Å². The third-order valence-electron chi connectivity index (χ3n) is 4.29. The van der Waals surface area contributed by atoms with Gasteiger partial charge in [-0.15, -0.1) is 0 Å². The van der Waals surface area contributed by atoms with Crippen LogP contribution in [0.2, 0.25) is 0 Å². The van der Waals surface area contributed by atoms with Crippen LogP contribution in [0, 0.1) is 5.41 Å². The lowest BCUT2D eigenvalue weighted by atomic mass is 9.61. The fourth-order valence-electron chi connectivity index (χ4n) is 3.04. The van der Waals surface area contributed by atoms with Crippen LogP contribution in [0.4, 0.5) is 0 Å². The number of methoxy groups -OCH3 is 1. The molecule has 1 saturated heterocycles. The SMILES string of the molecule is CCC(=O)N1CCC2(CCC2OC)CC1. The van der Waals surface area contributed by atoms with E-state index in [9.17, 15) is 4.79 Å². The first kappa shape index (κ1) is 10.9. The predicted molar refractivity (Wildman–Crippen MR) is 58.6 cm³/mol. The fraction of sp³-hybridized carbons (Fsp3) is 0.917. The molecule has 0 bridgehead atoms. The molecule has 0 N–H and O–H groups in total. The molecule has 1 atom stereocenters. The number of carbonyl (C=O) groups is 1. The Morgan fingerprint density at radius 1 is 1.40 bits per heavy atom. The fourth-order valence-corrected chi connectivity index (χ4v) is 3.04. The zero-order valence-electron chi connectivity index (χ0n) is 9.79. The molecule has 0 aromatic heterocycles. The van der Waals surface area contributed by atoms with E-state index in [-0.39, 0.29) is 0 Å². The molecule has 1 heterocycles. The summed E-state index contributed by atoms with van der Waals surface area (Å²) in [6.07, 6.45) is 5.86. The molecule has 0 radical (unpaired) electrons. The van der Waals surface area contributed by atoms with Crippen LogP contribution in [-0.2, 0) is 9.53 Å². The number of piperidine rings is 1. The van der Waals surface area contributed by atoms with Gasteiger partial charge >= 0.3 is 0 Å². The van der Waals surface area contributed by atoms with Gasteiger partial charge in [-0.3, -0.25) is 4.79 Å². The van der Waals surface area contributed by atoms with E-state index in [0.717, 1.165) is 25.9 Å². The maximum atomic E-state index is 11.5. The van der Waals surface area contributed by atoms with Gasteiger partial charge in [0.05, 0.1) is 6.10 Å². The van der Waals surface area contributed by atoms with Crippen molar-refractivity contribution in [2.24, 2.45) is 5.41 Å². The number of amides is 1. The summed E-state index contributed by atoms with van der Waals surface area (Å²) < 4.78 is 5.50. The van der Waals surface area contributed by atoms with Crippen molar-refractivity contribution in [2.75, 3.05) is 20.2 Å². The van der Waals surface area contributed by atoms with Crippen LogP contribution in [-0.4, -0.2) is 37.1 Å². The molecule has 1 spiro atoms. The molecular weight excluding hydrogens is 190 g/mol. The van der Waals surface area contributed by atoms with E-state index in [1.54, 1.807) is 0 Å². The lowest BCUT2D eigenvalue weighted by Crippen LogP contribution is -2.53. The first-order valence-corrected chi connectivity index (χ1v) is 6.02. The summed E-state index contributed by atoms with van der Waals surface area (Å²) in [5, 5.41) is 0. The van der Waals surface area contributed by atoms with Gasteiger partial charge in [0.25, 0.3) is 0 Å². The molecule has 86 valence electrons. The smallest absolute Gasteiger partial charge is 0.222 e. The highest BCUT2D eigenvalue weighted by molar-refractivity contribution is 5.75. The minimum absolute atomic E-state index is 0.304. The second kappa shape index (κ2) is 4.12. The first-order valence-electron chi connectivity index (χ1n) is 6.02. The Kier molecular flexibility index (Phi) is 3.01. The van der Waals surface area contributed by atoms with Crippen molar-refractivity contribution in [2.45, 2.75) is 45.1 Å². The van der Waals surface area contributed by atoms with E-state index in [1.807, 2.05) is 18.9 Å². The van der Waals surface area contributed by atoms with E-state index in [1.165, 1.54) is 12.8 Å². The van der Waals surface area contributed by atoms with E-state index in [2.05, 4.69) is 0 Å². The Labute approximate surface area is 91.8 Å². The molecule has 3 nitrogen and oxygen atoms in total. The molecule has 2 fully saturated rings. The minimum Gasteiger partial charge on any atom is -0.381 e. The zero-order valence-corrected chi connectivity index (χ0v) is 9.79. The number of ether oxygens (including phenoxy) is 1. The lowest BCUT2D eigenvalue weighted by Gasteiger charge is -2.53. The number of nitrogens with zero attached hydrogens (tertiary/aromatic N) is 1. The minimum atomic E-state index is 0.304. The van der Waals surface area contributed by atoms with Crippen molar-refractivity contribution in [1.29, 1.82) is 0 Å². The average molecular weight is 211 g/mol. The van der Waals surface area contributed by atoms with Gasteiger partial charge in [0, 0.05) is 32.0 Å². The summed E-state index contributed by atoms with van der Waals surface area (Å²) in [7, 11) is 1.81. The molecule has 1 aliphatic carbocycles. The number of likely N-dealkylation sites (tertiary alicyclic amines) is 1. The van der Waals surface area contributed by atoms with E-state index in [4.69, 9.17) is 4.74 Å². The van der Waals surface area contributed by atoms with E-state index < -0.39 is 0 Å². The maximum Gasteiger partial charge on any atom is 0.222 e. The van der Waals surface area contributed by atoms with Crippen molar-refractivity contribution in [1.82, 2.24) is 4.90 Å². The Hall–Kier alpha value is -0.570. The maximum absolute atomic E-state index is 11.5. The molecule has 0 aromatic rings. The normalized spacial score (nSPS) is 28.9. The topological polar surface area (TPSA) is 29.5 Å². The highest BCUT2D eigenvalue weighted by atomic mass is 16.5. The Bertz CT molecular complexity index is 242. The van der Waals surface area contributed by atoms with Crippen LogP contribution >= 0.6 is 0 Å². The highest BCUT2D eigenvalue weighted by Crippen LogP contribution is 2.50. The van der Waals surface area contributed by atoms with Gasteiger partial charge in [-0.1, -0.05) is 6.92 Å². The zero-order chi connectivity index (χ0) is 10.9. The van der Waals surface area contributed by atoms with Crippen LogP contribution in [0.25, 0.3) is 0 Å². The highest BCUT2D eigenvalue weighted by Gasteiger charge is 2.48. The van der Waals surface area contributed by atoms with Crippen molar-refractivity contribution in [3.05, 3.63) is 0 Å². The number of carbonyl (C=O) groups excluding carboxylic acids is 1. The van der Waals surface area contributed by atoms with Crippen molar-refractivity contribution in [3.63, 3.8) is 0 Å². The molecule has 3 heteroatoms. The van der Waals surface area contributed by atoms with Crippen LogP contribution in [0.15, 0.2) is 0 Å². The van der Waals surface area contributed by atoms with Crippen molar-refractivity contribution >= 4 is 5.91 Å². The lowest BCUT2D eigenvalue weighted by molar-refractivity contribution is -0.144. The summed E-state index contributed by atoms with van der Waals surface area (Å²) in [6.45, 7) is 3.81. The molecule has 0 aromatic carbocycles. The second-order valence-electron chi connectivity index (χ2n) is 4.86. The third-order valence-corrected chi connectivity index (χ3v) is 4.29. The molecule has 1 amide bonds. The summed E-state index contributed by atoms with van der Waals surface area (Å²) >= 11 is 0. The summed E-state index contributed by atoms with van der Waals surface area (Å²) in [4.78, 5) is 13.5. The molecule has 15 heavy (non-hydrogen) atoms. The monoisotopic (exact) mass is 211 g/mol. The molecule has 1 unspecified atom stereocenters. The average Bonchev–Trinajstić information content (AvgIpc) is 2.27. The summed E-state index contributed by atoms with van der Waals surface area (Å²) in [5.74, 6) is 0.304. The number of rotatable bonds is 2. The largest absolute Gasteiger partial charge is 0.381 e. The van der Waals surface area contributed by atoms with E-state index >= 15 is 0 Å². The number of hydrogen-bond donors (Lipinski definition) is 0. The van der Waals surface area contributed by atoms with Gasteiger partial charge in [0.2, 0.25) is 5.91 Å². The third kappa shape index (κ3) is 1.78. The molecule has 1 aliphatic heterocycles. The summed E-state index contributed by atoms with van der Waals surface area (Å²) in [6, 6.07) is 0. The van der Waals surface area contributed by atoms with Crippen LogP contribution in [0.5, 0.6) is 0 Å². The van der Waals surface area contributed by atoms with Gasteiger partial charge in [0.1, 0.15) is 0 Å². The van der Waals surface area contributed by atoms with Gasteiger partial charge in [-0.05, 0) is 25.7 Å².